The summed E-state index contributed by atoms with van der Waals surface area (Å²) in [4.78, 5) is 13.2. The van der Waals surface area contributed by atoms with Gasteiger partial charge in [0.25, 0.3) is 0 Å². The lowest BCUT2D eigenvalue weighted by Crippen LogP contribution is -2.25. The zero-order valence-corrected chi connectivity index (χ0v) is 10.3. The number of hydrogen-bond acceptors (Lipinski definition) is 3. The van der Waals surface area contributed by atoms with Crippen LogP contribution in [0.5, 0.6) is 0 Å². The molecule has 1 aromatic heterocycles. The molecule has 0 aliphatic carbocycles. The summed E-state index contributed by atoms with van der Waals surface area (Å²) >= 11 is 0. The minimum Gasteiger partial charge on any atom is -0.441 e. The number of rotatable bonds is 3. The number of nitrogens with zero attached hydrogens (tertiary/aromatic N) is 2. The molecule has 1 aliphatic heterocycles. The maximum Gasteiger partial charge on any atom is 0.414 e. The van der Waals surface area contributed by atoms with Crippen molar-refractivity contribution in [2.45, 2.75) is 6.10 Å². The standard InChI is InChI=1S/C14H14N2O3/c17-10-13-9-16(14(18)19-13)12-5-3-11(4-6-12)15-7-1-2-8-15/h1-8,13,17H,9-10H2. The van der Waals surface area contributed by atoms with Crippen LogP contribution in [0, 0.1) is 0 Å². The fourth-order valence-corrected chi connectivity index (χ4v) is 2.14. The number of aromatic nitrogens is 1. The zero-order chi connectivity index (χ0) is 13.2. The van der Waals surface area contributed by atoms with Crippen LogP contribution in [-0.4, -0.2) is 35.0 Å². The van der Waals surface area contributed by atoms with Gasteiger partial charge < -0.3 is 14.4 Å². The average molecular weight is 258 g/mol. The van der Waals surface area contributed by atoms with Crippen molar-refractivity contribution >= 4 is 11.8 Å². The summed E-state index contributed by atoms with van der Waals surface area (Å²) in [6, 6.07) is 11.5. The molecular weight excluding hydrogens is 244 g/mol. The quantitative estimate of drug-likeness (QED) is 0.913. The van der Waals surface area contributed by atoms with Crippen molar-refractivity contribution in [1.29, 1.82) is 0 Å². The third-order valence-corrected chi connectivity index (χ3v) is 3.14. The first kappa shape index (κ1) is 11.8. The fourth-order valence-electron chi connectivity index (χ4n) is 2.14. The Balaban J connectivity index is 1.81. The zero-order valence-electron chi connectivity index (χ0n) is 10.3. The van der Waals surface area contributed by atoms with Crippen LogP contribution >= 0.6 is 0 Å². The van der Waals surface area contributed by atoms with E-state index in [-0.39, 0.29) is 6.61 Å². The molecule has 5 heteroatoms. The molecule has 0 bridgehead atoms. The van der Waals surface area contributed by atoms with Gasteiger partial charge in [0, 0.05) is 23.8 Å². The molecule has 1 unspecified atom stereocenters. The predicted molar refractivity (Wildman–Crippen MR) is 70.5 cm³/mol. The Morgan fingerprint density at radius 1 is 1.16 bits per heavy atom. The predicted octanol–water partition coefficient (Wildman–Crippen LogP) is 1.79. The van der Waals surface area contributed by atoms with Gasteiger partial charge in [-0.05, 0) is 36.4 Å². The van der Waals surface area contributed by atoms with Crippen molar-refractivity contribution in [3.05, 3.63) is 48.8 Å². The summed E-state index contributed by atoms with van der Waals surface area (Å²) in [7, 11) is 0. The van der Waals surface area contributed by atoms with E-state index < -0.39 is 12.2 Å². The Hall–Kier alpha value is -2.27. The second-order valence-electron chi connectivity index (χ2n) is 4.41. The second kappa shape index (κ2) is 4.78. The first-order chi connectivity index (χ1) is 9.28. The van der Waals surface area contributed by atoms with E-state index in [9.17, 15) is 4.79 Å². The van der Waals surface area contributed by atoms with Gasteiger partial charge in [0.05, 0.1) is 13.2 Å². The number of carbonyl (C=O) groups excluding carboxylic acids is 1. The molecule has 19 heavy (non-hydrogen) atoms. The summed E-state index contributed by atoms with van der Waals surface area (Å²) in [6.07, 6.45) is 3.08. The van der Waals surface area contributed by atoms with Crippen molar-refractivity contribution in [2.24, 2.45) is 0 Å². The smallest absolute Gasteiger partial charge is 0.414 e. The lowest BCUT2D eigenvalue weighted by atomic mass is 10.2. The third-order valence-electron chi connectivity index (χ3n) is 3.14. The Morgan fingerprint density at radius 3 is 2.37 bits per heavy atom. The van der Waals surface area contributed by atoms with Crippen LogP contribution in [-0.2, 0) is 4.74 Å². The maximum atomic E-state index is 11.6. The van der Waals surface area contributed by atoms with E-state index in [4.69, 9.17) is 9.84 Å². The van der Waals surface area contributed by atoms with Gasteiger partial charge in [-0.25, -0.2) is 4.79 Å². The van der Waals surface area contributed by atoms with E-state index in [1.807, 2.05) is 53.4 Å². The number of carbonyl (C=O) groups is 1. The van der Waals surface area contributed by atoms with Crippen molar-refractivity contribution in [3.63, 3.8) is 0 Å². The number of aliphatic hydroxyl groups is 1. The molecule has 1 amide bonds. The lowest BCUT2D eigenvalue weighted by Gasteiger charge is -2.13. The van der Waals surface area contributed by atoms with E-state index >= 15 is 0 Å². The van der Waals surface area contributed by atoms with E-state index in [1.165, 1.54) is 4.90 Å². The number of cyclic esters (lactones) is 1. The highest BCUT2D eigenvalue weighted by Gasteiger charge is 2.31. The summed E-state index contributed by atoms with van der Waals surface area (Å²) in [5.41, 5.74) is 1.80. The van der Waals surface area contributed by atoms with Gasteiger partial charge in [-0.2, -0.15) is 0 Å². The number of aliphatic hydroxyl groups excluding tert-OH is 1. The van der Waals surface area contributed by atoms with E-state index in [0.717, 1.165) is 11.4 Å². The molecule has 2 heterocycles. The second-order valence-corrected chi connectivity index (χ2v) is 4.41. The molecule has 1 fully saturated rings. The molecule has 1 atom stereocenters. The third kappa shape index (κ3) is 2.20. The minimum absolute atomic E-state index is 0.149. The van der Waals surface area contributed by atoms with Gasteiger partial charge in [-0.15, -0.1) is 0 Å². The van der Waals surface area contributed by atoms with E-state index in [2.05, 4.69) is 0 Å². The molecule has 3 rings (SSSR count). The molecule has 1 N–H and O–H groups in total. The Kier molecular flexibility index (Phi) is 2.97. The van der Waals surface area contributed by atoms with Crippen LogP contribution < -0.4 is 4.90 Å². The van der Waals surface area contributed by atoms with Crippen LogP contribution in [0.15, 0.2) is 48.8 Å². The highest BCUT2D eigenvalue weighted by molar-refractivity contribution is 5.89. The average Bonchev–Trinajstić information content (AvgIpc) is 3.08. The Morgan fingerprint density at radius 2 is 1.79 bits per heavy atom. The van der Waals surface area contributed by atoms with Gasteiger partial charge >= 0.3 is 6.09 Å². The Labute approximate surface area is 110 Å². The van der Waals surface area contributed by atoms with Crippen molar-refractivity contribution in [1.82, 2.24) is 4.57 Å². The van der Waals surface area contributed by atoms with Gasteiger partial charge in [0.2, 0.25) is 0 Å². The van der Waals surface area contributed by atoms with Gasteiger partial charge in [-0.3, -0.25) is 4.90 Å². The van der Waals surface area contributed by atoms with Gasteiger partial charge in [0.15, 0.2) is 0 Å². The van der Waals surface area contributed by atoms with Crippen molar-refractivity contribution < 1.29 is 14.6 Å². The topological polar surface area (TPSA) is 54.7 Å². The molecule has 1 saturated heterocycles. The monoisotopic (exact) mass is 258 g/mol. The number of amides is 1. The molecule has 2 aromatic rings. The molecule has 1 aromatic carbocycles. The maximum absolute atomic E-state index is 11.6. The Bertz CT molecular complexity index is 563. The van der Waals surface area contributed by atoms with Crippen LogP contribution in [0.4, 0.5) is 10.5 Å². The number of benzene rings is 1. The van der Waals surface area contributed by atoms with Crippen molar-refractivity contribution in [3.8, 4) is 5.69 Å². The summed E-state index contributed by atoms with van der Waals surface area (Å²) in [5, 5.41) is 9.01. The van der Waals surface area contributed by atoms with Crippen LogP contribution in [0.1, 0.15) is 0 Å². The van der Waals surface area contributed by atoms with Crippen LogP contribution in [0.25, 0.3) is 5.69 Å². The van der Waals surface area contributed by atoms with Crippen molar-refractivity contribution in [2.75, 3.05) is 18.1 Å². The summed E-state index contributed by atoms with van der Waals surface area (Å²) < 4.78 is 7.00. The number of ether oxygens (including phenoxy) is 1. The number of hydrogen-bond donors (Lipinski definition) is 1. The molecule has 98 valence electrons. The summed E-state index contributed by atoms with van der Waals surface area (Å²) in [6.45, 7) is 0.238. The largest absolute Gasteiger partial charge is 0.441 e. The first-order valence-electron chi connectivity index (χ1n) is 6.10. The first-order valence-corrected chi connectivity index (χ1v) is 6.10. The van der Waals surface area contributed by atoms with Crippen LogP contribution in [0.2, 0.25) is 0 Å². The SMILES string of the molecule is O=C1OC(CO)CN1c1ccc(-n2cccc2)cc1. The minimum atomic E-state index is -0.434. The highest BCUT2D eigenvalue weighted by Crippen LogP contribution is 2.22. The lowest BCUT2D eigenvalue weighted by molar-refractivity contribution is 0.0963. The molecule has 1 aliphatic rings. The molecule has 0 radical (unpaired) electrons. The van der Waals surface area contributed by atoms with Gasteiger partial charge in [0.1, 0.15) is 6.10 Å². The fraction of sp³-hybridized carbons (Fsp3) is 0.214. The highest BCUT2D eigenvalue weighted by atomic mass is 16.6. The normalized spacial score (nSPS) is 18.7. The summed E-state index contributed by atoms with van der Waals surface area (Å²) in [5.74, 6) is 0. The molecular formula is C14H14N2O3. The van der Waals surface area contributed by atoms with E-state index in [0.29, 0.717) is 6.54 Å². The van der Waals surface area contributed by atoms with Crippen LogP contribution in [0.3, 0.4) is 0 Å². The number of anilines is 1. The van der Waals surface area contributed by atoms with Gasteiger partial charge in [-0.1, -0.05) is 0 Å². The molecule has 5 nitrogen and oxygen atoms in total. The molecule has 0 saturated carbocycles. The molecule has 0 spiro atoms. The van der Waals surface area contributed by atoms with E-state index in [1.54, 1.807) is 0 Å².